The predicted molar refractivity (Wildman–Crippen MR) is 133 cm³/mol. The highest BCUT2D eigenvalue weighted by Crippen LogP contribution is 2.44. The van der Waals surface area contributed by atoms with Crippen molar-refractivity contribution >= 4 is 33.4 Å². The van der Waals surface area contributed by atoms with Crippen molar-refractivity contribution < 1.29 is 18.7 Å². The van der Waals surface area contributed by atoms with Crippen molar-refractivity contribution in [3.63, 3.8) is 0 Å². The van der Waals surface area contributed by atoms with Crippen LogP contribution in [0.4, 0.5) is 0 Å². The van der Waals surface area contributed by atoms with Crippen molar-refractivity contribution in [2.75, 3.05) is 6.61 Å². The Balaban J connectivity index is 2.48. The molecule has 31 heavy (non-hydrogen) atoms. The zero-order valence-electron chi connectivity index (χ0n) is 20.8. The summed E-state index contributed by atoms with van der Waals surface area (Å²) in [5.74, 6) is 0.478. The summed E-state index contributed by atoms with van der Waals surface area (Å²) in [6.45, 7) is 26.0. The molecular weight excluding hydrogens is 448 g/mol. The van der Waals surface area contributed by atoms with Crippen LogP contribution in [0.1, 0.15) is 41.5 Å². The molecule has 0 bridgehead atoms. The molecule has 2 aliphatic rings. The quantitative estimate of drug-likeness (QED) is 0.505. The summed E-state index contributed by atoms with van der Waals surface area (Å²) in [7, 11) is -4.35. The maximum atomic E-state index is 10.2. The third-order valence-corrected chi connectivity index (χ3v) is 16.3. The summed E-state index contributed by atoms with van der Waals surface area (Å²) >= 11 is 6.06. The third-order valence-electron chi connectivity index (χ3n) is 7.12. The van der Waals surface area contributed by atoms with Gasteiger partial charge in [0, 0.05) is 6.20 Å². The maximum Gasteiger partial charge on any atom is 0.192 e. The van der Waals surface area contributed by atoms with Gasteiger partial charge in [0.25, 0.3) is 0 Å². The lowest BCUT2D eigenvalue weighted by molar-refractivity contribution is -0.0670. The Morgan fingerprint density at radius 2 is 1.55 bits per heavy atom. The van der Waals surface area contributed by atoms with E-state index in [1.165, 1.54) is 0 Å². The largest absolute Gasteiger partial charge is 0.408 e. The van der Waals surface area contributed by atoms with Crippen LogP contribution in [0.3, 0.4) is 0 Å². The molecule has 6 nitrogen and oxygen atoms in total. The molecule has 0 spiro atoms. The van der Waals surface area contributed by atoms with Crippen LogP contribution in [-0.4, -0.2) is 63.0 Å². The number of aliphatic hydroxyl groups excluding tert-OH is 1. The Bertz CT molecular complexity index is 741. The van der Waals surface area contributed by atoms with Crippen LogP contribution >= 0.6 is 11.6 Å². The SMILES string of the molecule is C=C1N=C(Cl)C=CN1[C@@H]1O[C@H](CO)C(O[Si](C)(C)C(C)(C)C)[C@@H]1O[Si](C)(C)C(C)(C)C. The molecule has 4 atom stereocenters. The molecule has 0 saturated carbocycles. The molecule has 2 heterocycles. The van der Waals surface area contributed by atoms with E-state index in [9.17, 15) is 5.11 Å². The summed E-state index contributed by atoms with van der Waals surface area (Å²) in [5.41, 5.74) is 0. The van der Waals surface area contributed by atoms with Gasteiger partial charge in [0.1, 0.15) is 29.3 Å². The van der Waals surface area contributed by atoms with Crippen molar-refractivity contribution in [3.8, 4) is 0 Å². The minimum atomic E-state index is -2.18. The monoisotopic (exact) mass is 488 g/mol. The molecule has 0 aromatic heterocycles. The highest BCUT2D eigenvalue weighted by Gasteiger charge is 2.55. The predicted octanol–water partition coefficient (Wildman–Crippen LogP) is 5.42. The van der Waals surface area contributed by atoms with E-state index in [1.54, 1.807) is 6.08 Å². The van der Waals surface area contributed by atoms with Gasteiger partial charge in [-0.25, -0.2) is 4.99 Å². The van der Waals surface area contributed by atoms with E-state index in [0.29, 0.717) is 11.0 Å². The Kier molecular flexibility index (Phi) is 7.81. The molecule has 1 N–H and O–H groups in total. The minimum Gasteiger partial charge on any atom is -0.408 e. The zero-order valence-corrected chi connectivity index (χ0v) is 23.6. The van der Waals surface area contributed by atoms with Gasteiger partial charge in [-0.1, -0.05) is 59.7 Å². The number of nitrogens with zero attached hydrogens (tertiary/aromatic N) is 2. The van der Waals surface area contributed by atoms with Gasteiger partial charge >= 0.3 is 0 Å². The van der Waals surface area contributed by atoms with Gasteiger partial charge in [0.05, 0.1) is 6.61 Å². The molecule has 0 aromatic rings. The fourth-order valence-electron chi connectivity index (χ4n) is 3.06. The van der Waals surface area contributed by atoms with E-state index < -0.39 is 41.2 Å². The summed E-state index contributed by atoms with van der Waals surface area (Å²) < 4.78 is 20.1. The summed E-state index contributed by atoms with van der Waals surface area (Å²) in [6.07, 6.45) is 1.70. The number of aliphatic imine (C=N–C) groups is 1. The van der Waals surface area contributed by atoms with Gasteiger partial charge in [-0.05, 0) is 42.3 Å². The van der Waals surface area contributed by atoms with Crippen molar-refractivity contribution in [2.24, 2.45) is 4.99 Å². The number of rotatable bonds is 6. The van der Waals surface area contributed by atoms with Crippen molar-refractivity contribution in [3.05, 3.63) is 24.7 Å². The van der Waals surface area contributed by atoms with E-state index >= 15 is 0 Å². The van der Waals surface area contributed by atoms with Gasteiger partial charge < -0.3 is 23.6 Å². The molecule has 0 aliphatic carbocycles. The number of hydrogen-bond donors (Lipinski definition) is 1. The Hall–Kier alpha value is -0.486. The molecule has 1 saturated heterocycles. The average Bonchev–Trinajstić information content (AvgIpc) is 2.89. The first-order valence-corrected chi connectivity index (χ1v) is 17.1. The molecule has 0 radical (unpaired) electrons. The topological polar surface area (TPSA) is 63.5 Å². The van der Waals surface area contributed by atoms with Crippen LogP contribution in [0.25, 0.3) is 0 Å². The van der Waals surface area contributed by atoms with E-state index in [0.717, 1.165) is 0 Å². The standard InChI is InChI=1S/C22H41ClN2O4Si2/c1-15-24-17(23)12-13-25(15)20-19(29-31(10,11)22(5,6)7)18(16(14-26)27-20)28-30(8,9)21(2,3)4/h12-13,16,18-20,26H,1,14H2,2-11H3/t16-,18?,19+,20-/m1/s1. The third kappa shape index (κ3) is 5.72. The number of hydrogen-bond acceptors (Lipinski definition) is 6. The van der Waals surface area contributed by atoms with Crippen molar-refractivity contribution in [1.29, 1.82) is 0 Å². The lowest BCUT2D eigenvalue weighted by atomic mass is 10.1. The van der Waals surface area contributed by atoms with Crippen molar-refractivity contribution in [2.45, 2.75) is 102 Å². The van der Waals surface area contributed by atoms with Crippen molar-refractivity contribution in [1.82, 2.24) is 4.90 Å². The fourth-order valence-corrected chi connectivity index (χ4v) is 5.82. The van der Waals surface area contributed by atoms with E-state index in [-0.39, 0.29) is 16.7 Å². The molecule has 1 unspecified atom stereocenters. The fraction of sp³-hybridized carbons (Fsp3) is 0.773. The van der Waals surface area contributed by atoms with Crippen LogP contribution in [-0.2, 0) is 13.6 Å². The average molecular weight is 489 g/mol. The maximum absolute atomic E-state index is 10.2. The molecule has 9 heteroatoms. The Morgan fingerprint density at radius 3 is 1.97 bits per heavy atom. The van der Waals surface area contributed by atoms with Gasteiger partial charge in [0.15, 0.2) is 22.9 Å². The van der Waals surface area contributed by atoms with E-state index in [1.807, 2.05) is 11.1 Å². The molecular formula is C22H41ClN2O4Si2. The minimum absolute atomic E-state index is 0.00653. The second-order valence-electron chi connectivity index (χ2n) is 11.5. The smallest absolute Gasteiger partial charge is 0.192 e. The first kappa shape index (κ1) is 26.8. The molecule has 178 valence electrons. The second kappa shape index (κ2) is 9.04. The van der Waals surface area contributed by atoms with Crippen LogP contribution in [0.15, 0.2) is 29.7 Å². The first-order valence-electron chi connectivity index (χ1n) is 10.9. The van der Waals surface area contributed by atoms with Crippen LogP contribution in [0.5, 0.6) is 0 Å². The molecule has 2 aliphatic heterocycles. The zero-order chi connectivity index (χ0) is 24.0. The van der Waals surface area contributed by atoms with Crippen LogP contribution in [0.2, 0.25) is 36.3 Å². The van der Waals surface area contributed by atoms with E-state index in [2.05, 4.69) is 79.3 Å². The van der Waals surface area contributed by atoms with E-state index in [4.69, 9.17) is 25.2 Å². The van der Waals surface area contributed by atoms with Gasteiger partial charge in [-0.2, -0.15) is 0 Å². The number of aliphatic hydroxyl groups is 1. The number of ether oxygens (including phenoxy) is 1. The highest BCUT2D eigenvalue weighted by atomic mass is 35.5. The summed E-state index contributed by atoms with van der Waals surface area (Å²) in [5, 5.41) is 10.6. The summed E-state index contributed by atoms with van der Waals surface area (Å²) in [6, 6.07) is 0. The van der Waals surface area contributed by atoms with Gasteiger partial charge in [-0.3, -0.25) is 0 Å². The molecule has 2 rings (SSSR count). The van der Waals surface area contributed by atoms with Gasteiger partial charge in [-0.15, -0.1) is 0 Å². The Morgan fingerprint density at radius 1 is 1.06 bits per heavy atom. The second-order valence-corrected chi connectivity index (χ2v) is 21.4. The Labute approximate surface area is 195 Å². The first-order chi connectivity index (χ1) is 13.9. The number of allylic oxidation sites excluding steroid dienone is 1. The molecule has 0 amide bonds. The normalized spacial score (nSPS) is 28.3. The molecule has 1 fully saturated rings. The lowest BCUT2D eigenvalue weighted by Crippen LogP contribution is -2.56. The summed E-state index contributed by atoms with van der Waals surface area (Å²) in [4.78, 5) is 6.12. The van der Waals surface area contributed by atoms with Gasteiger partial charge in [0.2, 0.25) is 0 Å². The van der Waals surface area contributed by atoms with Crippen LogP contribution in [0, 0.1) is 0 Å². The van der Waals surface area contributed by atoms with Crippen LogP contribution < -0.4 is 0 Å². The highest BCUT2D eigenvalue weighted by molar-refractivity contribution is 6.74. The molecule has 0 aromatic carbocycles. The number of halogens is 1. The lowest BCUT2D eigenvalue weighted by Gasteiger charge is -2.45.